The number of benzene rings is 9. The van der Waals surface area contributed by atoms with Gasteiger partial charge in [0.2, 0.25) is 0 Å². The molecule has 2 unspecified atom stereocenters. The molecule has 0 bridgehead atoms. The molecule has 0 saturated carbocycles. The Morgan fingerprint density at radius 2 is 0.854 bits per heavy atom. The van der Waals surface area contributed by atoms with Crippen molar-refractivity contribution in [2.75, 3.05) is 0 Å². The Balaban J connectivity index is 1.52. The Labute approximate surface area is 231 Å². The normalized spacial score (nSPS) is 22.9. The van der Waals surface area contributed by atoms with Crippen LogP contribution in [0.5, 0.6) is 0 Å². The van der Waals surface area contributed by atoms with Crippen LogP contribution < -0.4 is 0 Å². The lowest BCUT2D eigenvalue weighted by molar-refractivity contribution is 0.409. The van der Waals surface area contributed by atoms with E-state index >= 15 is 0 Å². The van der Waals surface area contributed by atoms with Gasteiger partial charge in [0.25, 0.3) is 0 Å². The summed E-state index contributed by atoms with van der Waals surface area (Å²) in [4.78, 5) is 0. The van der Waals surface area contributed by atoms with Crippen molar-refractivity contribution in [3.63, 3.8) is 0 Å². The van der Waals surface area contributed by atoms with Crippen molar-refractivity contribution in [3.05, 3.63) is 69.3 Å². The predicted molar refractivity (Wildman–Crippen MR) is 174 cm³/mol. The van der Waals surface area contributed by atoms with Crippen LogP contribution >= 0.6 is 0 Å². The first-order valence-corrected chi connectivity index (χ1v) is 15.7. The van der Waals surface area contributed by atoms with Gasteiger partial charge in [-0.2, -0.15) is 0 Å². The molecule has 41 heavy (non-hydrogen) atoms. The van der Waals surface area contributed by atoms with Crippen LogP contribution in [0.25, 0.3) is 118 Å². The first-order chi connectivity index (χ1) is 20.1. The third-order valence-electron chi connectivity index (χ3n) is 14.2. The third-order valence-corrected chi connectivity index (χ3v) is 14.2. The van der Waals surface area contributed by atoms with Crippen LogP contribution in [0, 0.1) is 0 Å². The predicted octanol–water partition coefficient (Wildman–Crippen LogP) is 10.6. The second-order valence-corrected chi connectivity index (χ2v) is 15.3. The summed E-state index contributed by atoms with van der Waals surface area (Å²) >= 11 is 0. The lowest BCUT2D eigenvalue weighted by Gasteiger charge is -2.38. The van der Waals surface area contributed by atoms with E-state index in [0.717, 1.165) is 12.8 Å². The zero-order chi connectivity index (χ0) is 25.5. The summed E-state index contributed by atoms with van der Waals surface area (Å²) in [6.45, 7) is 5.20. The van der Waals surface area contributed by atoms with Crippen molar-refractivity contribution in [2.24, 2.45) is 0 Å². The van der Waals surface area contributed by atoms with E-state index in [9.17, 15) is 0 Å². The van der Waals surface area contributed by atoms with Crippen molar-refractivity contribution in [1.82, 2.24) is 0 Å². The molecule has 0 aliphatic heterocycles. The Kier molecular flexibility index (Phi) is 1.82. The Hall–Kier alpha value is -4.42. The van der Waals surface area contributed by atoms with Gasteiger partial charge in [-0.1, -0.05) is 44.2 Å². The maximum absolute atomic E-state index is 2.70. The summed E-state index contributed by atoms with van der Waals surface area (Å²) in [5.41, 5.74) is 11.5. The lowest BCUT2D eigenvalue weighted by atomic mass is 9.65. The van der Waals surface area contributed by atoms with E-state index in [2.05, 4.69) is 44.2 Å². The minimum Gasteiger partial charge on any atom is -0.0575 e. The molecule has 0 nitrogen and oxygen atoms in total. The molecule has 0 aromatic heterocycles. The Morgan fingerprint density at radius 1 is 0.439 bits per heavy atom. The van der Waals surface area contributed by atoms with Gasteiger partial charge in [0, 0.05) is 5.41 Å². The first kappa shape index (κ1) is 17.4. The standard InChI is InChI=1S/C41H18/c1-11-19-9-17-7-14-5-15-4-12-3-13-6-16-8-18-10-41(11,2)40-26(18)31-25(16)30-21(13)20(12)28-24(15)29-22(14)23(17)32-27(19)39(40)38-36(31)34(30)33(28)35(29)37(32)38/h4-6,8-9,11H,3,7,10H2,1-2H3. The molecule has 4 aliphatic carbocycles. The molecule has 0 amide bonds. The SMILES string of the molecule is CC1c2cc3c4c5c(cc6cc7c8c9c(cc%10cc%11c%12c(c%13c2c4c2c%13c4c%12c%10c9c4c4c8c6c5c24)C1(C)C%11)C7)C3. The first-order valence-electron chi connectivity index (χ1n) is 15.7. The van der Waals surface area contributed by atoms with Crippen molar-refractivity contribution in [2.45, 2.75) is 44.4 Å². The van der Waals surface area contributed by atoms with Crippen molar-refractivity contribution < 1.29 is 0 Å². The zero-order valence-corrected chi connectivity index (χ0v) is 22.6. The molecule has 182 valence electrons. The summed E-state index contributed by atoms with van der Waals surface area (Å²) in [5, 5.41) is 35.6. The van der Waals surface area contributed by atoms with Gasteiger partial charge in [-0.3, -0.25) is 0 Å². The van der Waals surface area contributed by atoms with Crippen LogP contribution in [0.4, 0.5) is 0 Å². The van der Waals surface area contributed by atoms with Crippen molar-refractivity contribution in [3.8, 4) is 0 Å². The van der Waals surface area contributed by atoms with Crippen LogP contribution in [-0.2, 0) is 24.7 Å². The van der Waals surface area contributed by atoms with Crippen molar-refractivity contribution >= 4 is 118 Å². The Morgan fingerprint density at radius 3 is 1.41 bits per heavy atom. The highest BCUT2D eigenvalue weighted by molar-refractivity contribution is 6.65. The van der Waals surface area contributed by atoms with E-state index in [1.807, 2.05) is 0 Å². The fraction of sp³-hybridized carbons (Fsp3) is 0.171. The van der Waals surface area contributed by atoms with Gasteiger partial charge in [0.1, 0.15) is 0 Å². The topological polar surface area (TPSA) is 0 Å². The van der Waals surface area contributed by atoms with Crippen molar-refractivity contribution in [1.29, 1.82) is 0 Å². The highest BCUT2D eigenvalue weighted by Gasteiger charge is 2.50. The van der Waals surface area contributed by atoms with Gasteiger partial charge in [-0.25, -0.2) is 0 Å². The highest BCUT2D eigenvalue weighted by Crippen LogP contribution is 2.70. The van der Waals surface area contributed by atoms with E-state index in [4.69, 9.17) is 0 Å². The van der Waals surface area contributed by atoms with E-state index in [-0.39, 0.29) is 5.41 Å². The minimum absolute atomic E-state index is 0.157. The molecule has 0 heteroatoms. The smallest absolute Gasteiger partial charge is 0.00441 e. The molecule has 0 heterocycles. The molecule has 12 aromatic rings. The summed E-state index contributed by atoms with van der Waals surface area (Å²) in [7, 11) is 0. The minimum atomic E-state index is 0.157. The van der Waals surface area contributed by atoms with Crippen LogP contribution in [0.1, 0.15) is 58.7 Å². The molecule has 0 spiro atoms. The van der Waals surface area contributed by atoms with Crippen LogP contribution in [0.3, 0.4) is 0 Å². The molecular formula is C41H18. The Bertz CT molecular complexity index is 3330. The molecule has 2 atom stereocenters. The molecule has 0 fully saturated rings. The lowest BCUT2D eigenvalue weighted by Crippen LogP contribution is -2.30. The van der Waals surface area contributed by atoms with Gasteiger partial charge in [0.05, 0.1) is 0 Å². The fourth-order valence-corrected chi connectivity index (χ4v) is 13.1. The number of hydrogen-bond acceptors (Lipinski definition) is 0. The quantitative estimate of drug-likeness (QED) is 0.178. The number of hydrogen-bond donors (Lipinski definition) is 0. The van der Waals surface area contributed by atoms with Gasteiger partial charge in [-0.05, 0) is 183 Å². The van der Waals surface area contributed by atoms with Gasteiger partial charge < -0.3 is 0 Å². The third kappa shape index (κ3) is 1.18. The molecule has 16 rings (SSSR count). The number of rotatable bonds is 0. The van der Waals surface area contributed by atoms with Gasteiger partial charge >= 0.3 is 0 Å². The average Bonchev–Trinajstić information content (AvgIpc) is 3.77. The maximum atomic E-state index is 2.70. The van der Waals surface area contributed by atoms with Gasteiger partial charge in [-0.15, -0.1) is 0 Å². The molecule has 12 aromatic carbocycles. The molecule has 0 radical (unpaired) electrons. The highest BCUT2D eigenvalue weighted by atomic mass is 14.5. The van der Waals surface area contributed by atoms with Crippen LogP contribution in [0.2, 0.25) is 0 Å². The fourth-order valence-electron chi connectivity index (χ4n) is 13.1. The maximum Gasteiger partial charge on any atom is 0.00441 e. The largest absolute Gasteiger partial charge is 0.0575 e. The monoisotopic (exact) mass is 510 g/mol. The molecule has 0 saturated heterocycles. The van der Waals surface area contributed by atoms with E-state index in [0.29, 0.717) is 5.92 Å². The van der Waals surface area contributed by atoms with Crippen LogP contribution in [-0.4, -0.2) is 0 Å². The molecule has 4 aliphatic rings. The second kappa shape index (κ2) is 4.29. The summed E-state index contributed by atoms with van der Waals surface area (Å²) in [6, 6.07) is 13.2. The summed E-state index contributed by atoms with van der Waals surface area (Å²) in [6.07, 6.45) is 3.37. The van der Waals surface area contributed by atoms with E-state index < -0.39 is 0 Å². The summed E-state index contributed by atoms with van der Waals surface area (Å²) in [5.74, 6) is 0.519. The average molecular weight is 511 g/mol. The molecule has 0 N–H and O–H groups in total. The zero-order valence-electron chi connectivity index (χ0n) is 22.6. The second-order valence-electron chi connectivity index (χ2n) is 15.3. The van der Waals surface area contributed by atoms with Crippen LogP contribution in [0.15, 0.2) is 30.3 Å². The van der Waals surface area contributed by atoms with E-state index in [1.54, 1.807) is 147 Å². The summed E-state index contributed by atoms with van der Waals surface area (Å²) < 4.78 is 0. The van der Waals surface area contributed by atoms with E-state index in [1.165, 1.54) is 17.2 Å². The van der Waals surface area contributed by atoms with Gasteiger partial charge in [0.15, 0.2) is 0 Å². The molecular weight excluding hydrogens is 492 g/mol.